The van der Waals surface area contributed by atoms with E-state index in [4.69, 9.17) is 4.74 Å². The number of hydrogen-bond acceptors (Lipinski definition) is 3. The lowest BCUT2D eigenvalue weighted by molar-refractivity contribution is 0.415. The molecule has 0 aliphatic rings. The van der Waals surface area contributed by atoms with Crippen molar-refractivity contribution < 1.29 is 9.13 Å². The molecular formula is C26H22FN3O3. The quantitative estimate of drug-likeness (QED) is 0.419. The molecule has 2 heterocycles. The van der Waals surface area contributed by atoms with Crippen molar-refractivity contribution in [3.05, 3.63) is 105 Å². The third-order valence-corrected chi connectivity index (χ3v) is 6.02. The van der Waals surface area contributed by atoms with Crippen LogP contribution in [0.5, 0.6) is 5.75 Å². The van der Waals surface area contributed by atoms with Crippen LogP contribution < -0.4 is 16.0 Å². The van der Waals surface area contributed by atoms with Gasteiger partial charge in [0, 0.05) is 18.0 Å². The smallest absolute Gasteiger partial charge is 0.336 e. The topological polar surface area (TPSA) is 58.2 Å². The summed E-state index contributed by atoms with van der Waals surface area (Å²) in [6.07, 6.45) is 0. The molecule has 0 N–H and O–H groups in total. The fourth-order valence-electron chi connectivity index (χ4n) is 4.40. The third kappa shape index (κ3) is 3.24. The first-order valence-electron chi connectivity index (χ1n) is 10.5. The van der Waals surface area contributed by atoms with E-state index in [2.05, 4.69) is 0 Å². The van der Waals surface area contributed by atoms with Crippen molar-refractivity contribution in [2.45, 2.75) is 13.5 Å². The van der Waals surface area contributed by atoms with Crippen molar-refractivity contribution in [3.8, 4) is 11.4 Å². The van der Waals surface area contributed by atoms with Gasteiger partial charge in [-0.3, -0.25) is 9.36 Å². The van der Waals surface area contributed by atoms with E-state index >= 15 is 0 Å². The van der Waals surface area contributed by atoms with Crippen molar-refractivity contribution in [1.82, 2.24) is 13.7 Å². The minimum Gasteiger partial charge on any atom is -0.497 e. The Morgan fingerprint density at radius 1 is 0.939 bits per heavy atom. The van der Waals surface area contributed by atoms with E-state index < -0.39 is 17.1 Å². The van der Waals surface area contributed by atoms with Gasteiger partial charge in [0.05, 0.1) is 30.4 Å². The van der Waals surface area contributed by atoms with Gasteiger partial charge in [0.1, 0.15) is 17.1 Å². The van der Waals surface area contributed by atoms with Crippen molar-refractivity contribution in [2.24, 2.45) is 7.05 Å². The van der Waals surface area contributed by atoms with E-state index in [0.29, 0.717) is 33.4 Å². The summed E-state index contributed by atoms with van der Waals surface area (Å²) in [5, 5.41) is 0.689. The minimum atomic E-state index is -0.531. The van der Waals surface area contributed by atoms with E-state index in [9.17, 15) is 14.0 Å². The lowest BCUT2D eigenvalue weighted by atomic mass is 10.2. The second-order valence-corrected chi connectivity index (χ2v) is 8.08. The van der Waals surface area contributed by atoms with E-state index in [1.54, 1.807) is 67.3 Å². The molecule has 3 aromatic carbocycles. The van der Waals surface area contributed by atoms with Gasteiger partial charge in [0.25, 0.3) is 5.56 Å². The zero-order valence-electron chi connectivity index (χ0n) is 18.5. The molecule has 0 saturated carbocycles. The lowest BCUT2D eigenvalue weighted by Crippen LogP contribution is -2.39. The molecule has 2 aromatic heterocycles. The van der Waals surface area contributed by atoms with Crippen LogP contribution in [0.15, 0.2) is 76.3 Å². The van der Waals surface area contributed by atoms with Crippen molar-refractivity contribution in [1.29, 1.82) is 0 Å². The van der Waals surface area contributed by atoms with Crippen LogP contribution in [0.1, 0.15) is 11.1 Å². The molecule has 0 amide bonds. The van der Waals surface area contributed by atoms with Gasteiger partial charge in [0.15, 0.2) is 0 Å². The average molecular weight is 443 g/mol. The normalized spacial score (nSPS) is 11.4. The maximum atomic E-state index is 14.6. The Morgan fingerprint density at radius 2 is 1.73 bits per heavy atom. The van der Waals surface area contributed by atoms with Gasteiger partial charge >= 0.3 is 5.69 Å². The van der Waals surface area contributed by atoms with Gasteiger partial charge in [-0.25, -0.2) is 13.8 Å². The SMILES string of the molecule is COc1ccc2c(c1)c1c(c(=O)n(-c3cccc(C)c3)c(=O)n1Cc1ccccc1F)n2C. The molecule has 166 valence electrons. The summed E-state index contributed by atoms with van der Waals surface area (Å²) in [7, 11) is 3.35. The summed E-state index contributed by atoms with van der Waals surface area (Å²) in [4.78, 5) is 27.5. The van der Waals surface area contributed by atoms with E-state index in [0.717, 1.165) is 15.6 Å². The Morgan fingerprint density at radius 3 is 2.45 bits per heavy atom. The van der Waals surface area contributed by atoms with E-state index in [1.807, 2.05) is 19.1 Å². The van der Waals surface area contributed by atoms with Crippen molar-refractivity contribution >= 4 is 21.9 Å². The zero-order valence-corrected chi connectivity index (χ0v) is 18.5. The molecule has 0 bridgehead atoms. The number of benzene rings is 3. The molecule has 0 saturated heterocycles. The molecule has 0 aliphatic heterocycles. The maximum Gasteiger partial charge on any atom is 0.336 e. The number of rotatable bonds is 4. The van der Waals surface area contributed by atoms with Crippen LogP contribution >= 0.6 is 0 Å². The molecule has 5 rings (SSSR count). The predicted octanol–water partition coefficient (Wildman–Crippen LogP) is 4.15. The van der Waals surface area contributed by atoms with E-state index in [-0.39, 0.29) is 6.54 Å². The molecule has 0 radical (unpaired) electrons. The first-order valence-corrected chi connectivity index (χ1v) is 10.5. The van der Waals surface area contributed by atoms with Crippen molar-refractivity contribution in [2.75, 3.05) is 7.11 Å². The number of aromatic nitrogens is 3. The Kier molecular flexibility index (Phi) is 4.89. The highest BCUT2D eigenvalue weighted by atomic mass is 19.1. The number of ether oxygens (including phenoxy) is 1. The van der Waals surface area contributed by atoms with Crippen LogP contribution in [0.4, 0.5) is 4.39 Å². The average Bonchev–Trinajstić information content (AvgIpc) is 3.10. The van der Waals surface area contributed by atoms with Gasteiger partial charge in [-0.15, -0.1) is 0 Å². The van der Waals surface area contributed by atoms with Gasteiger partial charge in [-0.2, -0.15) is 0 Å². The zero-order chi connectivity index (χ0) is 23.3. The molecule has 5 aromatic rings. The van der Waals surface area contributed by atoms with Crippen LogP contribution in [-0.4, -0.2) is 20.8 Å². The molecule has 0 spiro atoms. The maximum absolute atomic E-state index is 14.6. The molecule has 0 fully saturated rings. The summed E-state index contributed by atoms with van der Waals surface area (Å²) in [6, 6.07) is 19.0. The summed E-state index contributed by atoms with van der Waals surface area (Å²) in [5.41, 5.74) is 2.36. The van der Waals surface area contributed by atoms with Crippen LogP contribution in [0.2, 0.25) is 0 Å². The second kappa shape index (κ2) is 7.78. The number of fused-ring (bicyclic) bond motifs is 3. The number of hydrogen-bond donors (Lipinski definition) is 0. The number of halogens is 1. The summed E-state index contributed by atoms with van der Waals surface area (Å²) in [6.45, 7) is 1.87. The summed E-state index contributed by atoms with van der Waals surface area (Å²) in [5.74, 6) is 0.187. The first kappa shape index (κ1) is 20.8. The third-order valence-electron chi connectivity index (χ3n) is 6.02. The van der Waals surface area contributed by atoms with Gasteiger partial charge in [-0.05, 0) is 48.9 Å². The Bertz CT molecular complexity index is 1660. The molecule has 0 aliphatic carbocycles. The van der Waals surface area contributed by atoms with Crippen LogP contribution in [0.3, 0.4) is 0 Å². The fraction of sp³-hybridized carbons (Fsp3) is 0.154. The molecule has 0 atom stereocenters. The van der Waals surface area contributed by atoms with Crippen LogP contribution in [-0.2, 0) is 13.6 Å². The second-order valence-electron chi connectivity index (χ2n) is 8.08. The van der Waals surface area contributed by atoms with Gasteiger partial charge < -0.3 is 9.30 Å². The monoisotopic (exact) mass is 443 g/mol. The molecule has 0 unspecified atom stereocenters. The number of aryl methyl sites for hydroxylation is 2. The number of nitrogens with zero attached hydrogens (tertiary/aromatic N) is 3. The van der Waals surface area contributed by atoms with Crippen LogP contribution in [0.25, 0.3) is 27.6 Å². The standard InChI is InChI=1S/C26H22FN3O3/c1-16-7-6-9-18(13-16)30-25(31)24-23(20-14-19(33-3)11-12-22(20)28(24)2)29(26(30)32)15-17-8-4-5-10-21(17)27/h4-14H,15H2,1-3H3. The highest BCUT2D eigenvalue weighted by Gasteiger charge is 2.22. The molecular weight excluding hydrogens is 421 g/mol. The van der Waals surface area contributed by atoms with E-state index in [1.165, 1.54) is 10.6 Å². The minimum absolute atomic E-state index is 0.0234. The van der Waals surface area contributed by atoms with Gasteiger partial charge in [-0.1, -0.05) is 30.3 Å². The molecule has 6 nitrogen and oxygen atoms in total. The lowest BCUT2D eigenvalue weighted by Gasteiger charge is -2.14. The van der Waals surface area contributed by atoms with Gasteiger partial charge in [0.2, 0.25) is 0 Å². The largest absolute Gasteiger partial charge is 0.497 e. The highest BCUT2D eigenvalue weighted by molar-refractivity contribution is 6.06. The Balaban J connectivity index is 1.96. The Labute approximate surface area is 188 Å². The van der Waals surface area contributed by atoms with Crippen LogP contribution in [0, 0.1) is 12.7 Å². The Hall–Kier alpha value is -4.13. The fourth-order valence-corrected chi connectivity index (χ4v) is 4.40. The molecule has 7 heteroatoms. The number of methoxy groups -OCH3 is 1. The highest BCUT2D eigenvalue weighted by Crippen LogP contribution is 2.29. The predicted molar refractivity (Wildman–Crippen MR) is 127 cm³/mol. The summed E-state index contributed by atoms with van der Waals surface area (Å²) >= 11 is 0. The first-order chi connectivity index (χ1) is 15.9. The molecule has 33 heavy (non-hydrogen) atoms. The summed E-state index contributed by atoms with van der Waals surface area (Å²) < 4.78 is 24.4. The van der Waals surface area contributed by atoms with Crippen molar-refractivity contribution in [3.63, 3.8) is 0 Å².